The van der Waals surface area contributed by atoms with E-state index >= 15 is 0 Å². The van der Waals surface area contributed by atoms with Gasteiger partial charge in [0.1, 0.15) is 11.5 Å². The Bertz CT molecular complexity index is 427. The molecular weight excluding hydrogens is 272 g/mol. The largest absolute Gasteiger partial charge is 0.493 e. The Morgan fingerprint density at radius 3 is 2.30 bits per heavy atom. The first-order chi connectivity index (χ1) is 9.72. The summed E-state index contributed by atoms with van der Waals surface area (Å²) in [5.41, 5.74) is 1.14. The van der Waals surface area contributed by atoms with E-state index in [0.717, 1.165) is 42.7 Å². The Kier molecular flexibility index (Phi) is 8.20. The van der Waals surface area contributed by atoms with Gasteiger partial charge in [-0.15, -0.1) is 0 Å². The third-order valence-electron chi connectivity index (χ3n) is 2.85. The predicted molar refractivity (Wildman–Crippen MR) is 86.2 cm³/mol. The normalized spacial score (nSPS) is 11.0. The molecular formula is C17H25ClO2. The van der Waals surface area contributed by atoms with E-state index < -0.39 is 0 Å². The summed E-state index contributed by atoms with van der Waals surface area (Å²) in [5, 5.41) is 0.665. The first-order valence-electron chi connectivity index (χ1n) is 7.42. The van der Waals surface area contributed by atoms with E-state index in [1.54, 1.807) is 0 Å². The van der Waals surface area contributed by atoms with E-state index in [1.807, 2.05) is 19.1 Å². The maximum absolute atomic E-state index is 6.29. The number of halogens is 1. The van der Waals surface area contributed by atoms with Gasteiger partial charge in [-0.25, -0.2) is 0 Å². The minimum Gasteiger partial charge on any atom is -0.493 e. The van der Waals surface area contributed by atoms with Gasteiger partial charge in [0.15, 0.2) is 0 Å². The van der Waals surface area contributed by atoms with Crippen LogP contribution in [0.15, 0.2) is 24.3 Å². The molecule has 20 heavy (non-hydrogen) atoms. The maximum atomic E-state index is 6.29. The maximum Gasteiger partial charge on any atom is 0.141 e. The fourth-order valence-electron chi connectivity index (χ4n) is 1.85. The van der Waals surface area contributed by atoms with Crippen LogP contribution < -0.4 is 9.47 Å². The highest BCUT2D eigenvalue weighted by atomic mass is 35.5. The monoisotopic (exact) mass is 296 g/mol. The van der Waals surface area contributed by atoms with Crippen LogP contribution >= 0.6 is 11.6 Å². The Balaban J connectivity index is 2.91. The molecule has 0 aliphatic carbocycles. The minimum atomic E-state index is 0.665. The van der Waals surface area contributed by atoms with Gasteiger partial charge in [-0.2, -0.15) is 0 Å². The van der Waals surface area contributed by atoms with Crippen molar-refractivity contribution in [2.24, 2.45) is 0 Å². The molecule has 0 heterocycles. The smallest absolute Gasteiger partial charge is 0.141 e. The molecule has 0 atom stereocenters. The fourth-order valence-corrected chi connectivity index (χ4v) is 2.09. The summed E-state index contributed by atoms with van der Waals surface area (Å²) in [5.74, 6) is 1.61. The molecule has 0 fully saturated rings. The van der Waals surface area contributed by atoms with Crippen LogP contribution in [0.4, 0.5) is 0 Å². The van der Waals surface area contributed by atoms with E-state index in [2.05, 4.69) is 26.0 Å². The molecule has 2 nitrogen and oxygen atoms in total. The second-order valence-electron chi connectivity index (χ2n) is 4.69. The molecule has 1 aromatic rings. The molecule has 0 spiro atoms. The van der Waals surface area contributed by atoms with E-state index in [1.165, 1.54) is 0 Å². The van der Waals surface area contributed by atoms with Crippen molar-refractivity contribution < 1.29 is 9.47 Å². The van der Waals surface area contributed by atoms with Crippen LogP contribution in [-0.2, 0) is 6.42 Å². The molecule has 0 aliphatic rings. The third-order valence-corrected chi connectivity index (χ3v) is 3.15. The van der Waals surface area contributed by atoms with Gasteiger partial charge < -0.3 is 9.47 Å². The molecule has 0 aliphatic heterocycles. The van der Waals surface area contributed by atoms with E-state index in [4.69, 9.17) is 21.1 Å². The SMILES string of the molecule is C/C=C\CCc1cc(Cl)c(OCCC)cc1OCCC. The number of ether oxygens (including phenoxy) is 2. The van der Waals surface area contributed by atoms with Gasteiger partial charge in [0.05, 0.1) is 18.2 Å². The second-order valence-corrected chi connectivity index (χ2v) is 5.10. The van der Waals surface area contributed by atoms with Crippen LogP contribution in [0.2, 0.25) is 5.02 Å². The highest BCUT2D eigenvalue weighted by Gasteiger charge is 2.10. The van der Waals surface area contributed by atoms with Gasteiger partial charge in [0.25, 0.3) is 0 Å². The first-order valence-corrected chi connectivity index (χ1v) is 7.79. The first kappa shape index (κ1) is 16.9. The highest BCUT2D eigenvalue weighted by molar-refractivity contribution is 6.32. The van der Waals surface area contributed by atoms with Crippen molar-refractivity contribution in [1.29, 1.82) is 0 Å². The quantitative estimate of drug-likeness (QED) is 0.566. The molecule has 0 radical (unpaired) electrons. The molecule has 0 unspecified atom stereocenters. The molecule has 0 saturated heterocycles. The van der Waals surface area contributed by atoms with E-state index in [9.17, 15) is 0 Å². The van der Waals surface area contributed by atoms with Gasteiger partial charge in [0.2, 0.25) is 0 Å². The molecule has 0 bridgehead atoms. The van der Waals surface area contributed by atoms with Gasteiger partial charge in [0, 0.05) is 6.07 Å². The highest BCUT2D eigenvalue weighted by Crippen LogP contribution is 2.34. The van der Waals surface area contributed by atoms with Crippen LogP contribution in [0, 0.1) is 0 Å². The molecule has 112 valence electrons. The summed E-state index contributed by atoms with van der Waals surface area (Å²) >= 11 is 6.29. The zero-order valence-electron chi connectivity index (χ0n) is 12.7. The number of aryl methyl sites for hydroxylation is 1. The number of hydrogen-bond acceptors (Lipinski definition) is 2. The Labute approximate surface area is 127 Å². The Morgan fingerprint density at radius 2 is 1.70 bits per heavy atom. The number of hydrogen-bond donors (Lipinski definition) is 0. The van der Waals surface area contributed by atoms with Crippen molar-refractivity contribution >= 4 is 11.6 Å². The van der Waals surface area contributed by atoms with Crippen molar-refractivity contribution in [3.8, 4) is 11.5 Å². The molecule has 0 aromatic heterocycles. The number of allylic oxidation sites excluding steroid dienone is 2. The lowest BCUT2D eigenvalue weighted by atomic mass is 10.1. The summed E-state index contributed by atoms with van der Waals surface area (Å²) in [7, 11) is 0. The molecule has 3 heteroatoms. The molecule has 1 aromatic carbocycles. The van der Waals surface area contributed by atoms with Crippen LogP contribution in [0.1, 0.15) is 45.6 Å². The van der Waals surface area contributed by atoms with Crippen molar-refractivity contribution in [1.82, 2.24) is 0 Å². The minimum absolute atomic E-state index is 0.665. The molecule has 0 N–H and O–H groups in total. The van der Waals surface area contributed by atoms with Crippen LogP contribution in [0.5, 0.6) is 11.5 Å². The van der Waals surface area contributed by atoms with Crippen LogP contribution in [0.25, 0.3) is 0 Å². The van der Waals surface area contributed by atoms with Crippen molar-refractivity contribution in [2.45, 2.75) is 46.5 Å². The van der Waals surface area contributed by atoms with Crippen LogP contribution in [0.3, 0.4) is 0 Å². The fraction of sp³-hybridized carbons (Fsp3) is 0.529. The predicted octanol–water partition coefficient (Wildman–Crippen LogP) is 5.43. The van der Waals surface area contributed by atoms with Gasteiger partial charge >= 0.3 is 0 Å². The van der Waals surface area contributed by atoms with E-state index in [0.29, 0.717) is 18.2 Å². The lowest BCUT2D eigenvalue weighted by Gasteiger charge is -2.14. The topological polar surface area (TPSA) is 18.5 Å². The molecule has 0 amide bonds. The Morgan fingerprint density at radius 1 is 1.05 bits per heavy atom. The summed E-state index contributed by atoms with van der Waals surface area (Å²) < 4.78 is 11.5. The third kappa shape index (κ3) is 5.46. The average molecular weight is 297 g/mol. The van der Waals surface area contributed by atoms with Gasteiger partial charge in [-0.05, 0) is 44.2 Å². The summed E-state index contributed by atoms with van der Waals surface area (Å²) in [6, 6.07) is 3.90. The molecule has 1 rings (SSSR count). The van der Waals surface area contributed by atoms with Crippen molar-refractivity contribution in [3.63, 3.8) is 0 Å². The standard InChI is InChI=1S/C17H25ClO2/c1-4-7-8-9-14-12-15(18)17(20-11-6-3)13-16(14)19-10-5-2/h4,7,12-13H,5-6,8-11H2,1-3H3/b7-4-. The molecule has 0 saturated carbocycles. The summed E-state index contributed by atoms with van der Waals surface area (Å²) in [6.45, 7) is 7.59. The van der Waals surface area contributed by atoms with Gasteiger partial charge in [-0.1, -0.05) is 37.6 Å². The average Bonchev–Trinajstić information content (AvgIpc) is 2.45. The zero-order chi connectivity index (χ0) is 14.8. The summed E-state index contributed by atoms with van der Waals surface area (Å²) in [6.07, 6.45) is 8.08. The van der Waals surface area contributed by atoms with E-state index in [-0.39, 0.29) is 0 Å². The second kappa shape index (κ2) is 9.71. The van der Waals surface area contributed by atoms with Crippen molar-refractivity contribution in [3.05, 3.63) is 34.9 Å². The lowest BCUT2D eigenvalue weighted by molar-refractivity contribution is 0.299. The zero-order valence-corrected chi connectivity index (χ0v) is 13.5. The van der Waals surface area contributed by atoms with Crippen LogP contribution in [-0.4, -0.2) is 13.2 Å². The lowest BCUT2D eigenvalue weighted by Crippen LogP contribution is -2.02. The number of benzene rings is 1. The summed E-state index contributed by atoms with van der Waals surface area (Å²) in [4.78, 5) is 0. The number of rotatable bonds is 9. The van der Waals surface area contributed by atoms with Crippen molar-refractivity contribution in [2.75, 3.05) is 13.2 Å². The van der Waals surface area contributed by atoms with Gasteiger partial charge in [-0.3, -0.25) is 0 Å². The Hall–Kier alpha value is -1.15.